The summed E-state index contributed by atoms with van der Waals surface area (Å²) in [6.07, 6.45) is 8.33. The maximum Gasteiger partial charge on any atom is 0.0367 e. The Balaban J connectivity index is 2.03. The van der Waals surface area contributed by atoms with Gasteiger partial charge in [-0.3, -0.25) is 0 Å². The molecule has 0 atom stereocenters. The number of rotatable bonds is 3. The van der Waals surface area contributed by atoms with Crippen molar-refractivity contribution in [1.82, 2.24) is 0 Å². The van der Waals surface area contributed by atoms with Crippen LogP contribution in [0.5, 0.6) is 0 Å². The van der Waals surface area contributed by atoms with Crippen molar-refractivity contribution in [3.8, 4) is 0 Å². The number of benzene rings is 1. The second kappa shape index (κ2) is 5.95. The van der Waals surface area contributed by atoms with Crippen LogP contribution in [-0.2, 0) is 0 Å². The molecular formula is C15H24N2. The Morgan fingerprint density at radius 3 is 2.12 bits per heavy atom. The predicted octanol–water partition coefficient (Wildman–Crippen LogP) is 3.89. The molecule has 1 fully saturated rings. The molecular weight excluding hydrogens is 208 g/mol. The van der Waals surface area contributed by atoms with Gasteiger partial charge >= 0.3 is 0 Å². The Labute approximate surface area is 105 Å². The van der Waals surface area contributed by atoms with Crippen LogP contribution in [0.2, 0.25) is 0 Å². The first-order valence-electron chi connectivity index (χ1n) is 6.82. The molecule has 0 amide bonds. The minimum Gasteiger partial charge on any atom is -0.388 e. The van der Waals surface area contributed by atoms with Crippen LogP contribution >= 0.6 is 0 Å². The minimum absolute atomic E-state index is 0.734. The fraction of sp³-hybridized carbons (Fsp3) is 0.600. The Hall–Kier alpha value is -1.18. The number of hydrogen-bond acceptors (Lipinski definition) is 2. The molecule has 1 saturated carbocycles. The molecule has 17 heavy (non-hydrogen) atoms. The van der Waals surface area contributed by atoms with Gasteiger partial charge in [0.25, 0.3) is 0 Å². The van der Waals surface area contributed by atoms with Gasteiger partial charge in [-0.05, 0) is 37.1 Å². The summed E-state index contributed by atoms with van der Waals surface area (Å²) in [5, 5.41) is 3.16. The SMILES string of the molecule is CNc1ccc(N(C)C2CCCCCC2)cc1. The largest absolute Gasteiger partial charge is 0.388 e. The van der Waals surface area contributed by atoms with E-state index in [2.05, 4.69) is 41.5 Å². The van der Waals surface area contributed by atoms with Gasteiger partial charge in [-0.1, -0.05) is 25.7 Å². The van der Waals surface area contributed by atoms with Gasteiger partial charge in [-0.25, -0.2) is 0 Å². The van der Waals surface area contributed by atoms with Crippen LogP contribution in [0, 0.1) is 0 Å². The monoisotopic (exact) mass is 232 g/mol. The fourth-order valence-electron chi connectivity index (χ4n) is 2.72. The summed E-state index contributed by atoms with van der Waals surface area (Å²) >= 11 is 0. The van der Waals surface area contributed by atoms with Crippen molar-refractivity contribution in [1.29, 1.82) is 0 Å². The average molecular weight is 232 g/mol. The van der Waals surface area contributed by atoms with Crippen molar-refractivity contribution < 1.29 is 0 Å². The molecule has 2 nitrogen and oxygen atoms in total. The molecule has 0 saturated heterocycles. The zero-order chi connectivity index (χ0) is 12.1. The molecule has 94 valence electrons. The van der Waals surface area contributed by atoms with Crippen molar-refractivity contribution in [3.05, 3.63) is 24.3 Å². The molecule has 1 aromatic carbocycles. The summed E-state index contributed by atoms with van der Waals surface area (Å²) in [6.45, 7) is 0. The third-order valence-corrected chi connectivity index (χ3v) is 3.94. The molecule has 0 unspecified atom stereocenters. The highest BCUT2D eigenvalue weighted by molar-refractivity contribution is 5.54. The van der Waals surface area contributed by atoms with Crippen molar-refractivity contribution in [2.45, 2.75) is 44.6 Å². The van der Waals surface area contributed by atoms with E-state index >= 15 is 0 Å². The number of nitrogens with one attached hydrogen (secondary N) is 1. The molecule has 1 aliphatic rings. The van der Waals surface area contributed by atoms with E-state index in [1.165, 1.54) is 49.9 Å². The Morgan fingerprint density at radius 2 is 1.59 bits per heavy atom. The van der Waals surface area contributed by atoms with E-state index in [0.29, 0.717) is 0 Å². The van der Waals surface area contributed by atoms with Crippen molar-refractivity contribution in [3.63, 3.8) is 0 Å². The van der Waals surface area contributed by atoms with Gasteiger partial charge in [-0.15, -0.1) is 0 Å². The molecule has 2 rings (SSSR count). The summed E-state index contributed by atoms with van der Waals surface area (Å²) in [7, 11) is 4.20. The summed E-state index contributed by atoms with van der Waals surface area (Å²) in [6, 6.07) is 9.48. The molecule has 0 aromatic heterocycles. The van der Waals surface area contributed by atoms with Gasteiger partial charge in [0.05, 0.1) is 0 Å². The molecule has 2 heteroatoms. The predicted molar refractivity (Wildman–Crippen MR) is 75.9 cm³/mol. The first-order chi connectivity index (χ1) is 8.31. The van der Waals surface area contributed by atoms with Crippen molar-refractivity contribution in [2.75, 3.05) is 24.3 Å². The van der Waals surface area contributed by atoms with E-state index < -0.39 is 0 Å². The smallest absolute Gasteiger partial charge is 0.0367 e. The number of nitrogens with zero attached hydrogens (tertiary/aromatic N) is 1. The van der Waals surface area contributed by atoms with E-state index in [9.17, 15) is 0 Å². The molecule has 0 aliphatic heterocycles. The van der Waals surface area contributed by atoms with Crippen LogP contribution in [0.4, 0.5) is 11.4 Å². The number of hydrogen-bond donors (Lipinski definition) is 1. The van der Waals surface area contributed by atoms with Crippen LogP contribution in [-0.4, -0.2) is 20.1 Å². The Kier molecular flexibility index (Phi) is 4.29. The molecule has 1 aromatic rings. The maximum absolute atomic E-state index is 3.16. The van der Waals surface area contributed by atoms with Crippen LogP contribution in [0.25, 0.3) is 0 Å². The summed E-state index contributed by atoms with van der Waals surface area (Å²) in [5.74, 6) is 0. The highest BCUT2D eigenvalue weighted by Crippen LogP contribution is 2.26. The lowest BCUT2D eigenvalue weighted by atomic mass is 10.1. The molecule has 0 heterocycles. The van der Waals surface area contributed by atoms with E-state index in [0.717, 1.165) is 6.04 Å². The van der Waals surface area contributed by atoms with Crippen LogP contribution < -0.4 is 10.2 Å². The first-order valence-corrected chi connectivity index (χ1v) is 6.82. The van der Waals surface area contributed by atoms with Crippen LogP contribution in [0.1, 0.15) is 38.5 Å². The number of anilines is 2. The zero-order valence-electron chi connectivity index (χ0n) is 11.1. The molecule has 1 N–H and O–H groups in total. The molecule has 0 radical (unpaired) electrons. The molecule has 0 bridgehead atoms. The maximum atomic E-state index is 3.16. The van der Waals surface area contributed by atoms with Gasteiger partial charge in [0.15, 0.2) is 0 Å². The highest BCUT2D eigenvalue weighted by Gasteiger charge is 2.16. The Bertz CT molecular complexity index is 323. The van der Waals surface area contributed by atoms with Gasteiger partial charge < -0.3 is 10.2 Å². The van der Waals surface area contributed by atoms with E-state index in [1.807, 2.05) is 7.05 Å². The van der Waals surface area contributed by atoms with Crippen LogP contribution in [0.15, 0.2) is 24.3 Å². The third-order valence-electron chi connectivity index (χ3n) is 3.94. The van der Waals surface area contributed by atoms with E-state index in [1.54, 1.807) is 0 Å². The fourth-order valence-corrected chi connectivity index (χ4v) is 2.72. The van der Waals surface area contributed by atoms with E-state index in [4.69, 9.17) is 0 Å². The second-order valence-electron chi connectivity index (χ2n) is 5.05. The average Bonchev–Trinajstić information content (AvgIpc) is 2.67. The molecule has 1 aliphatic carbocycles. The second-order valence-corrected chi connectivity index (χ2v) is 5.05. The lowest BCUT2D eigenvalue weighted by molar-refractivity contribution is 0.553. The zero-order valence-corrected chi connectivity index (χ0v) is 11.1. The lowest BCUT2D eigenvalue weighted by Crippen LogP contribution is -2.30. The topological polar surface area (TPSA) is 15.3 Å². The molecule has 0 spiro atoms. The first kappa shape index (κ1) is 12.3. The Morgan fingerprint density at radius 1 is 1.00 bits per heavy atom. The van der Waals surface area contributed by atoms with Gasteiger partial charge in [0.2, 0.25) is 0 Å². The van der Waals surface area contributed by atoms with Gasteiger partial charge in [-0.2, -0.15) is 0 Å². The van der Waals surface area contributed by atoms with Crippen LogP contribution in [0.3, 0.4) is 0 Å². The normalized spacial score (nSPS) is 17.5. The van der Waals surface area contributed by atoms with Crippen molar-refractivity contribution in [2.24, 2.45) is 0 Å². The lowest BCUT2D eigenvalue weighted by Gasteiger charge is -2.29. The summed E-state index contributed by atoms with van der Waals surface area (Å²) in [4.78, 5) is 2.46. The van der Waals surface area contributed by atoms with Crippen molar-refractivity contribution >= 4 is 11.4 Å². The quantitative estimate of drug-likeness (QED) is 0.795. The minimum atomic E-state index is 0.734. The standard InChI is InChI=1S/C15H24N2/c1-16-13-9-11-15(12-10-13)17(2)14-7-5-3-4-6-8-14/h9-12,14,16H,3-8H2,1-2H3. The third kappa shape index (κ3) is 3.15. The highest BCUT2D eigenvalue weighted by atomic mass is 15.1. The van der Waals surface area contributed by atoms with Gasteiger partial charge in [0.1, 0.15) is 0 Å². The summed E-state index contributed by atoms with van der Waals surface area (Å²) < 4.78 is 0. The van der Waals surface area contributed by atoms with Gasteiger partial charge in [0, 0.05) is 31.5 Å². The van der Waals surface area contributed by atoms with E-state index in [-0.39, 0.29) is 0 Å². The summed E-state index contributed by atoms with van der Waals surface area (Å²) in [5.41, 5.74) is 2.53.